The number of hydrogen-bond donors (Lipinski definition) is 2. The van der Waals surface area contributed by atoms with Crippen molar-refractivity contribution in [2.45, 2.75) is 26.3 Å². The summed E-state index contributed by atoms with van der Waals surface area (Å²) in [6, 6.07) is 0.513. The molecule has 0 fully saturated rings. The zero-order valence-corrected chi connectivity index (χ0v) is 11.5. The summed E-state index contributed by atoms with van der Waals surface area (Å²) in [5, 5.41) is 20.0. The second kappa shape index (κ2) is 9.16. The van der Waals surface area contributed by atoms with Crippen LogP contribution < -0.4 is 5.32 Å². The highest BCUT2D eigenvalue weighted by Crippen LogP contribution is 2.03. The lowest BCUT2D eigenvalue weighted by Crippen LogP contribution is -2.51. The fourth-order valence-electron chi connectivity index (χ4n) is 1.44. The number of hydrogen-bond acceptors (Lipinski definition) is 4. The zero-order valence-electron chi connectivity index (χ0n) is 11.5. The van der Waals surface area contributed by atoms with Crippen LogP contribution in [-0.4, -0.2) is 54.9 Å². The third kappa shape index (κ3) is 6.62. The summed E-state index contributed by atoms with van der Waals surface area (Å²) in [6.07, 6.45) is 0.191. The van der Waals surface area contributed by atoms with Gasteiger partial charge < -0.3 is 20.1 Å². The highest BCUT2D eigenvalue weighted by atomic mass is 16.5. The number of rotatable bonds is 8. The Hall–Kier alpha value is -1.81. The second-order valence-corrected chi connectivity index (χ2v) is 4.40. The van der Waals surface area contributed by atoms with E-state index in [1.54, 1.807) is 13.8 Å². The lowest BCUT2D eigenvalue weighted by atomic mass is 10.1. The van der Waals surface area contributed by atoms with E-state index in [1.165, 1.54) is 12.0 Å². The number of methoxy groups -OCH3 is 1. The number of urea groups is 1. The summed E-state index contributed by atoms with van der Waals surface area (Å²) in [4.78, 5) is 24.4. The standard InChI is InChI=1S/C12H21N3O4/c1-9(2)10(11(16)17)14-12(18)15(6-4-5-13)7-8-19-3/h9-10H,4,6-8H2,1-3H3,(H,14,18)(H,16,17). The molecular formula is C12H21N3O4. The van der Waals surface area contributed by atoms with Gasteiger partial charge in [0.25, 0.3) is 0 Å². The average Bonchev–Trinajstić information content (AvgIpc) is 2.35. The Bertz CT molecular complexity index is 338. The molecule has 0 bridgehead atoms. The molecule has 1 unspecified atom stereocenters. The molecule has 7 heteroatoms. The first-order valence-electron chi connectivity index (χ1n) is 6.08. The van der Waals surface area contributed by atoms with E-state index in [-0.39, 0.29) is 18.9 Å². The molecule has 0 radical (unpaired) electrons. The minimum absolute atomic E-state index is 0.191. The molecule has 0 rings (SSSR count). The Balaban J connectivity index is 4.59. The van der Waals surface area contributed by atoms with Gasteiger partial charge in [0.15, 0.2) is 0 Å². The number of carboxylic acid groups (broad SMARTS) is 1. The van der Waals surface area contributed by atoms with Crippen LogP contribution in [0.1, 0.15) is 20.3 Å². The number of carboxylic acids is 1. The average molecular weight is 271 g/mol. The Morgan fingerprint density at radius 3 is 2.47 bits per heavy atom. The molecule has 0 spiro atoms. The summed E-state index contributed by atoms with van der Waals surface area (Å²) in [7, 11) is 1.51. The van der Waals surface area contributed by atoms with E-state index in [1.807, 2.05) is 6.07 Å². The number of nitrogens with zero attached hydrogens (tertiary/aromatic N) is 2. The van der Waals surface area contributed by atoms with Gasteiger partial charge in [-0.05, 0) is 5.92 Å². The van der Waals surface area contributed by atoms with Crippen molar-refractivity contribution >= 4 is 12.0 Å². The summed E-state index contributed by atoms with van der Waals surface area (Å²) < 4.78 is 4.88. The summed E-state index contributed by atoms with van der Waals surface area (Å²) in [5.74, 6) is -1.29. The van der Waals surface area contributed by atoms with E-state index in [4.69, 9.17) is 15.1 Å². The van der Waals surface area contributed by atoms with Crippen LogP contribution in [0.5, 0.6) is 0 Å². The lowest BCUT2D eigenvalue weighted by Gasteiger charge is -2.25. The van der Waals surface area contributed by atoms with Crippen molar-refractivity contribution in [1.29, 1.82) is 5.26 Å². The summed E-state index contributed by atoms with van der Waals surface area (Å²) >= 11 is 0. The third-order valence-corrected chi connectivity index (χ3v) is 2.56. The van der Waals surface area contributed by atoms with Gasteiger partial charge in [0.1, 0.15) is 6.04 Å². The molecule has 0 aromatic carbocycles. The van der Waals surface area contributed by atoms with E-state index in [0.717, 1.165) is 0 Å². The Morgan fingerprint density at radius 1 is 1.42 bits per heavy atom. The van der Waals surface area contributed by atoms with Crippen LogP contribution in [0.3, 0.4) is 0 Å². The van der Waals surface area contributed by atoms with Crippen molar-refractivity contribution < 1.29 is 19.4 Å². The van der Waals surface area contributed by atoms with E-state index in [0.29, 0.717) is 13.2 Å². The van der Waals surface area contributed by atoms with Crippen LogP contribution in [0.15, 0.2) is 0 Å². The monoisotopic (exact) mass is 271 g/mol. The van der Waals surface area contributed by atoms with Gasteiger partial charge in [-0.15, -0.1) is 0 Å². The van der Waals surface area contributed by atoms with Crippen molar-refractivity contribution in [2.24, 2.45) is 5.92 Å². The first-order valence-corrected chi connectivity index (χ1v) is 6.08. The van der Waals surface area contributed by atoms with Gasteiger partial charge in [-0.25, -0.2) is 9.59 Å². The molecule has 0 aromatic rings. The van der Waals surface area contributed by atoms with Crippen molar-refractivity contribution in [1.82, 2.24) is 10.2 Å². The Kier molecular flexibility index (Phi) is 8.29. The molecule has 2 N–H and O–H groups in total. The van der Waals surface area contributed by atoms with E-state index < -0.39 is 18.0 Å². The molecule has 108 valence electrons. The summed E-state index contributed by atoms with van der Waals surface area (Å²) in [6.45, 7) is 4.32. The van der Waals surface area contributed by atoms with Crippen molar-refractivity contribution in [3.05, 3.63) is 0 Å². The van der Waals surface area contributed by atoms with Gasteiger partial charge in [0, 0.05) is 20.2 Å². The predicted molar refractivity (Wildman–Crippen MR) is 68.5 cm³/mol. The van der Waals surface area contributed by atoms with Crippen LogP contribution >= 0.6 is 0 Å². The predicted octanol–water partition coefficient (Wildman–Crippen LogP) is 0.667. The Morgan fingerprint density at radius 2 is 2.05 bits per heavy atom. The number of aliphatic carboxylic acids is 1. The van der Waals surface area contributed by atoms with Crippen LogP contribution in [0, 0.1) is 17.2 Å². The van der Waals surface area contributed by atoms with Crippen LogP contribution in [-0.2, 0) is 9.53 Å². The Labute approximate surface area is 113 Å². The first kappa shape index (κ1) is 17.2. The second-order valence-electron chi connectivity index (χ2n) is 4.40. The van der Waals surface area contributed by atoms with E-state index >= 15 is 0 Å². The lowest BCUT2D eigenvalue weighted by molar-refractivity contribution is -0.140. The molecule has 7 nitrogen and oxygen atoms in total. The maximum Gasteiger partial charge on any atom is 0.326 e. The minimum atomic E-state index is -1.07. The van der Waals surface area contributed by atoms with Gasteiger partial charge in [-0.3, -0.25) is 0 Å². The molecular weight excluding hydrogens is 250 g/mol. The largest absolute Gasteiger partial charge is 0.480 e. The highest BCUT2D eigenvalue weighted by molar-refractivity contribution is 5.82. The molecule has 0 saturated heterocycles. The summed E-state index contributed by atoms with van der Waals surface area (Å²) in [5.41, 5.74) is 0. The van der Waals surface area contributed by atoms with Crippen LogP contribution in [0.4, 0.5) is 4.79 Å². The van der Waals surface area contributed by atoms with E-state index in [2.05, 4.69) is 5.32 Å². The van der Waals surface area contributed by atoms with Crippen molar-refractivity contribution in [2.75, 3.05) is 26.8 Å². The highest BCUT2D eigenvalue weighted by Gasteiger charge is 2.25. The van der Waals surface area contributed by atoms with Crippen LogP contribution in [0.25, 0.3) is 0 Å². The number of ether oxygens (including phenoxy) is 1. The first-order chi connectivity index (χ1) is 8.93. The van der Waals surface area contributed by atoms with Gasteiger partial charge in [0.05, 0.1) is 19.1 Å². The maximum absolute atomic E-state index is 12.0. The topological polar surface area (TPSA) is 103 Å². The number of carbonyl (C=O) groups excluding carboxylic acids is 1. The quantitative estimate of drug-likeness (QED) is 0.675. The minimum Gasteiger partial charge on any atom is -0.480 e. The molecule has 0 heterocycles. The molecule has 0 saturated carbocycles. The van der Waals surface area contributed by atoms with Gasteiger partial charge in [-0.2, -0.15) is 5.26 Å². The number of nitrogens with one attached hydrogen (secondary N) is 1. The zero-order chi connectivity index (χ0) is 14.8. The van der Waals surface area contributed by atoms with Gasteiger partial charge >= 0.3 is 12.0 Å². The molecule has 19 heavy (non-hydrogen) atoms. The third-order valence-electron chi connectivity index (χ3n) is 2.56. The van der Waals surface area contributed by atoms with Gasteiger partial charge in [0.2, 0.25) is 0 Å². The van der Waals surface area contributed by atoms with Crippen LogP contribution in [0.2, 0.25) is 0 Å². The smallest absolute Gasteiger partial charge is 0.326 e. The molecule has 0 aliphatic heterocycles. The SMILES string of the molecule is COCCN(CCC#N)C(=O)NC(C(=O)O)C(C)C. The number of nitriles is 1. The van der Waals surface area contributed by atoms with E-state index in [9.17, 15) is 9.59 Å². The molecule has 0 aliphatic rings. The number of amides is 2. The maximum atomic E-state index is 12.0. The normalized spacial score (nSPS) is 11.7. The fourth-order valence-corrected chi connectivity index (χ4v) is 1.44. The van der Waals surface area contributed by atoms with Gasteiger partial charge in [-0.1, -0.05) is 13.8 Å². The van der Waals surface area contributed by atoms with Crippen molar-refractivity contribution in [3.63, 3.8) is 0 Å². The molecule has 2 amide bonds. The fraction of sp³-hybridized carbons (Fsp3) is 0.750. The molecule has 1 atom stereocenters. The number of carbonyl (C=O) groups is 2. The van der Waals surface area contributed by atoms with Crippen molar-refractivity contribution in [3.8, 4) is 6.07 Å². The molecule has 0 aromatic heterocycles. The molecule has 0 aliphatic carbocycles.